The minimum Gasteiger partial charge on any atom is -0.327 e. The summed E-state index contributed by atoms with van der Waals surface area (Å²) in [6.45, 7) is 3.61. The van der Waals surface area contributed by atoms with Gasteiger partial charge in [0, 0.05) is 18.2 Å². The molecule has 1 aliphatic rings. The molecule has 25 heavy (non-hydrogen) atoms. The number of carbonyl (C=O) groups excluding carboxylic acids is 1. The van der Waals surface area contributed by atoms with Gasteiger partial charge in [0.1, 0.15) is 0 Å². The van der Waals surface area contributed by atoms with Crippen LogP contribution in [-0.4, -0.2) is 26.1 Å². The number of hydrogen-bond acceptors (Lipinski definition) is 4. The standard InChI is InChI=1S/C17H27N3O3S.ClH/c1-3-10-24(22,23)20-16-9-5-8-15(12(16)2)19-17(21)11-13-6-4-7-14(13)18;/h5,8-9,13-14,20H,3-4,6-7,10-11,18H2,1-2H3,(H,19,21);1H/t13-,14+;/m0./s1. The van der Waals surface area contributed by atoms with Gasteiger partial charge < -0.3 is 11.1 Å². The van der Waals surface area contributed by atoms with Crippen LogP contribution in [0, 0.1) is 12.8 Å². The van der Waals surface area contributed by atoms with E-state index in [4.69, 9.17) is 5.73 Å². The van der Waals surface area contributed by atoms with E-state index >= 15 is 0 Å². The highest BCUT2D eigenvalue weighted by Crippen LogP contribution is 2.28. The van der Waals surface area contributed by atoms with Crippen molar-refractivity contribution in [2.45, 2.75) is 52.0 Å². The highest BCUT2D eigenvalue weighted by atomic mass is 35.5. The summed E-state index contributed by atoms with van der Waals surface area (Å²) in [5.74, 6) is 0.230. The Hall–Kier alpha value is -1.31. The molecule has 0 heterocycles. The topological polar surface area (TPSA) is 101 Å². The first-order valence-corrected chi connectivity index (χ1v) is 10.1. The molecule has 2 rings (SSSR count). The smallest absolute Gasteiger partial charge is 0.232 e. The number of nitrogens with two attached hydrogens (primary N) is 1. The van der Waals surface area contributed by atoms with E-state index in [2.05, 4.69) is 10.0 Å². The first kappa shape index (κ1) is 21.7. The number of hydrogen-bond donors (Lipinski definition) is 3. The molecular weight excluding hydrogens is 362 g/mol. The number of amides is 1. The maximum atomic E-state index is 12.3. The molecule has 0 aliphatic heterocycles. The predicted octanol–water partition coefficient (Wildman–Crippen LogP) is 3.02. The summed E-state index contributed by atoms with van der Waals surface area (Å²) in [5, 5.41) is 2.89. The summed E-state index contributed by atoms with van der Waals surface area (Å²) in [5.41, 5.74) is 7.85. The molecule has 1 saturated carbocycles. The summed E-state index contributed by atoms with van der Waals surface area (Å²) in [4.78, 5) is 12.3. The van der Waals surface area contributed by atoms with Gasteiger partial charge in [0.25, 0.3) is 0 Å². The zero-order valence-electron chi connectivity index (χ0n) is 14.7. The molecule has 0 spiro atoms. The second-order valence-corrected chi connectivity index (χ2v) is 8.35. The molecule has 6 nitrogen and oxygen atoms in total. The SMILES string of the molecule is CCCS(=O)(=O)Nc1cccc(NC(=O)C[C@@H]2CCC[C@H]2N)c1C.Cl. The van der Waals surface area contributed by atoms with Crippen molar-refractivity contribution >= 4 is 39.7 Å². The van der Waals surface area contributed by atoms with E-state index in [1.165, 1.54) is 0 Å². The maximum Gasteiger partial charge on any atom is 0.232 e. The van der Waals surface area contributed by atoms with Crippen LogP contribution in [0.2, 0.25) is 0 Å². The van der Waals surface area contributed by atoms with Crippen LogP contribution < -0.4 is 15.8 Å². The Balaban J connectivity index is 0.00000312. The van der Waals surface area contributed by atoms with Crippen molar-refractivity contribution in [2.24, 2.45) is 11.7 Å². The molecule has 1 aromatic rings. The van der Waals surface area contributed by atoms with E-state index in [-0.39, 0.29) is 36.0 Å². The fraction of sp³-hybridized carbons (Fsp3) is 0.588. The molecule has 0 unspecified atom stereocenters. The summed E-state index contributed by atoms with van der Waals surface area (Å²) in [6, 6.07) is 5.31. The van der Waals surface area contributed by atoms with Gasteiger partial charge in [0.05, 0.1) is 11.4 Å². The van der Waals surface area contributed by atoms with Crippen LogP contribution in [0.5, 0.6) is 0 Å². The average Bonchev–Trinajstić information content (AvgIpc) is 2.88. The van der Waals surface area contributed by atoms with Gasteiger partial charge in [0.15, 0.2) is 0 Å². The molecule has 2 atom stereocenters. The third-order valence-corrected chi connectivity index (χ3v) is 5.99. The van der Waals surface area contributed by atoms with E-state index in [0.29, 0.717) is 29.8 Å². The number of benzene rings is 1. The Kier molecular flexibility index (Phi) is 8.18. The summed E-state index contributed by atoms with van der Waals surface area (Å²) in [6.07, 6.45) is 4.00. The van der Waals surface area contributed by atoms with E-state index in [9.17, 15) is 13.2 Å². The van der Waals surface area contributed by atoms with Gasteiger partial charge in [-0.2, -0.15) is 0 Å². The molecule has 0 aromatic heterocycles. The molecular formula is C17H28ClN3O3S. The van der Waals surface area contributed by atoms with Crippen molar-refractivity contribution in [3.05, 3.63) is 23.8 Å². The fourth-order valence-corrected chi connectivity index (χ4v) is 4.32. The minimum atomic E-state index is -3.36. The number of nitrogens with one attached hydrogen (secondary N) is 2. The molecule has 1 aromatic carbocycles. The molecule has 142 valence electrons. The average molecular weight is 390 g/mol. The molecule has 4 N–H and O–H groups in total. The minimum absolute atomic E-state index is 0. The van der Waals surface area contributed by atoms with Crippen molar-refractivity contribution in [1.29, 1.82) is 0 Å². The van der Waals surface area contributed by atoms with Crippen molar-refractivity contribution in [2.75, 3.05) is 15.8 Å². The van der Waals surface area contributed by atoms with Gasteiger partial charge in [-0.25, -0.2) is 8.42 Å². The lowest BCUT2D eigenvalue weighted by molar-refractivity contribution is -0.117. The Morgan fingerprint density at radius 3 is 2.56 bits per heavy atom. The van der Waals surface area contributed by atoms with Crippen LogP contribution in [0.15, 0.2) is 18.2 Å². The quantitative estimate of drug-likeness (QED) is 0.667. The molecule has 1 aliphatic carbocycles. The van der Waals surface area contributed by atoms with Gasteiger partial charge in [-0.3, -0.25) is 9.52 Å². The first-order chi connectivity index (χ1) is 11.3. The number of anilines is 2. The summed E-state index contributed by atoms with van der Waals surface area (Å²) < 4.78 is 26.5. The lowest BCUT2D eigenvalue weighted by Crippen LogP contribution is -2.28. The predicted molar refractivity (Wildman–Crippen MR) is 105 cm³/mol. The first-order valence-electron chi connectivity index (χ1n) is 8.48. The summed E-state index contributed by atoms with van der Waals surface area (Å²) in [7, 11) is -3.36. The molecule has 0 saturated heterocycles. The molecule has 0 bridgehead atoms. The molecule has 1 fully saturated rings. The number of sulfonamides is 1. The van der Waals surface area contributed by atoms with E-state index < -0.39 is 10.0 Å². The number of halogens is 1. The lowest BCUT2D eigenvalue weighted by atomic mass is 10.00. The van der Waals surface area contributed by atoms with Crippen molar-refractivity contribution in [3.8, 4) is 0 Å². The Morgan fingerprint density at radius 2 is 1.96 bits per heavy atom. The normalized spacial score (nSPS) is 20.0. The lowest BCUT2D eigenvalue weighted by Gasteiger charge is -2.17. The highest BCUT2D eigenvalue weighted by molar-refractivity contribution is 7.92. The Morgan fingerprint density at radius 1 is 1.28 bits per heavy atom. The largest absolute Gasteiger partial charge is 0.327 e. The third kappa shape index (κ3) is 6.17. The van der Waals surface area contributed by atoms with E-state index in [1.807, 2.05) is 6.92 Å². The van der Waals surface area contributed by atoms with Crippen LogP contribution in [0.3, 0.4) is 0 Å². The van der Waals surface area contributed by atoms with Gasteiger partial charge in [-0.1, -0.05) is 19.4 Å². The maximum absolute atomic E-state index is 12.3. The van der Waals surface area contributed by atoms with Crippen LogP contribution in [-0.2, 0) is 14.8 Å². The summed E-state index contributed by atoms with van der Waals surface area (Å²) >= 11 is 0. The number of carbonyl (C=O) groups is 1. The Labute approximate surface area is 156 Å². The zero-order chi connectivity index (χ0) is 17.7. The van der Waals surface area contributed by atoms with Crippen LogP contribution in [0.4, 0.5) is 11.4 Å². The van der Waals surface area contributed by atoms with Gasteiger partial charge in [-0.15, -0.1) is 12.4 Å². The van der Waals surface area contributed by atoms with E-state index in [0.717, 1.165) is 19.3 Å². The monoisotopic (exact) mass is 389 g/mol. The molecule has 1 amide bonds. The molecule has 8 heteroatoms. The van der Waals surface area contributed by atoms with Crippen LogP contribution >= 0.6 is 12.4 Å². The van der Waals surface area contributed by atoms with Crippen LogP contribution in [0.1, 0.15) is 44.6 Å². The van der Waals surface area contributed by atoms with Gasteiger partial charge in [0.2, 0.25) is 15.9 Å². The zero-order valence-corrected chi connectivity index (χ0v) is 16.4. The second-order valence-electron chi connectivity index (χ2n) is 6.51. The fourth-order valence-electron chi connectivity index (χ4n) is 3.13. The highest BCUT2D eigenvalue weighted by Gasteiger charge is 2.26. The van der Waals surface area contributed by atoms with Gasteiger partial charge in [-0.05, 0) is 49.8 Å². The van der Waals surface area contributed by atoms with Gasteiger partial charge >= 0.3 is 0 Å². The number of rotatable bonds is 7. The van der Waals surface area contributed by atoms with E-state index in [1.54, 1.807) is 25.1 Å². The van der Waals surface area contributed by atoms with Crippen molar-refractivity contribution < 1.29 is 13.2 Å². The van der Waals surface area contributed by atoms with Crippen molar-refractivity contribution in [3.63, 3.8) is 0 Å². The van der Waals surface area contributed by atoms with Crippen molar-refractivity contribution in [1.82, 2.24) is 0 Å². The Bertz CT molecular complexity index is 694. The van der Waals surface area contributed by atoms with Crippen LogP contribution in [0.25, 0.3) is 0 Å². The third-order valence-electron chi connectivity index (χ3n) is 4.51. The molecule has 0 radical (unpaired) electrons. The second kappa shape index (κ2) is 9.40.